The fraction of sp³-hybridized carbons (Fsp3) is 0.526. The van der Waals surface area contributed by atoms with Crippen molar-refractivity contribution in [3.05, 3.63) is 24.3 Å². The number of anilines is 2. The minimum Gasteiger partial charge on any atom is -0.326 e. The molecule has 0 spiro atoms. The Hall–Kier alpha value is -2.17. The third kappa shape index (κ3) is 3.50. The van der Waals surface area contributed by atoms with Crippen LogP contribution in [-0.2, 0) is 14.4 Å². The SMILES string of the molecule is CCCC(C)(C)C(=O)Nc1cccc(N2C(=O)CC(C)(C)C2=O)c1. The van der Waals surface area contributed by atoms with Gasteiger partial charge in [-0.1, -0.05) is 47.1 Å². The van der Waals surface area contributed by atoms with Gasteiger partial charge in [0.25, 0.3) is 0 Å². The van der Waals surface area contributed by atoms with E-state index < -0.39 is 10.8 Å². The second-order valence-corrected chi connectivity index (χ2v) is 7.73. The maximum atomic E-state index is 12.4. The standard InChI is InChI=1S/C19H26N2O3/c1-6-10-18(2,3)16(23)20-13-8-7-9-14(11-13)21-15(22)12-19(4,5)17(21)24/h7-9,11H,6,10,12H2,1-5H3,(H,20,23). The molecule has 3 amide bonds. The normalized spacial score (nSPS) is 17.3. The molecule has 0 aliphatic carbocycles. The van der Waals surface area contributed by atoms with Gasteiger partial charge in [-0.3, -0.25) is 14.4 Å². The van der Waals surface area contributed by atoms with Crippen molar-refractivity contribution in [2.75, 3.05) is 10.2 Å². The Labute approximate surface area is 143 Å². The highest BCUT2D eigenvalue weighted by molar-refractivity contribution is 6.22. The average molecular weight is 330 g/mol. The molecule has 0 saturated carbocycles. The monoisotopic (exact) mass is 330 g/mol. The van der Waals surface area contributed by atoms with Gasteiger partial charge in [-0.15, -0.1) is 0 Å². The maximum absolute atomic E-state index is 12.4. The van der Waals surface area contributed by atoms with E-state index in [-0.39, 0.29) is 24.1 Å². The maximum Gasteiger partial charge on any atom is 0.239 e. The molecule has 1 N–H and O–H groups in total. The van der Waals surface area contributed by atoms with Gasteiger partial charge >= 0.3 is 0 Å². The summed E-state index contributed by atoms with van der Waals surface area (Å²) < 4.78 is 0. The summed E-state index contributed by atoms with van der Waals surface area (Å²) in [6.45, 7) is 9.40. The second kappa shape index (κ2) is 6.38. The Morgan fingerprint density at radius 1 is 1.29 bits per heavy atom. The molecular weight excluding hydrogens is 304 g/mol. The van der Waals surface area contributed by atoms with Crippen molar-refractivity contribution in [1.82, 2.24) is 0 Å². The molecule has 1 saturated heterocycles. The van der Waals surface area contributed by atoms with Crippen molar-refractivity contribution in [1.29, 1.82) is 0 Å². The molecule has 1 aliphatic heterocycles. The van der Waals surface area contributed by atoms with E-state index in [1.54, 1.807) is 38.1 Å². The summed E-state index contributed by atoms with van der Waals surface area (Å²) in [5.41, 5.74) is -0.0560. The van der Waals surface area contributed by atoms with E-state index in [4.69, 9.17) is 0 Å². The number of nitrogens with one attached hydrogen (secondary N) is 1. The lowest BCUT2D eigenvalue weighted by molar-refractivity contribution is -0.125. The summed E-state index contributed by atoms with van der Waals surface area (Å²) in [7, 11) is 0. The summed E-state index contributed by atoms with van der Waals surface area (Å²) in [5, 5.41) is 2.89. The summed E-state index contributed by atoms with van der Waals surface area (Å²) in [6, 6.07) is 6.89. The number of carbonyl (C=O) groups is 3. The van der Waals surface area contributed by atoms with E-state index in [1.807, 2.05) is 20.8 Å². The first kappa shape index (κ1) is 18.2. The van der Waals surface area contributed by atoms with Gasteiger partial charge in [-0.25, -0.2) is 4.90 Å². The molecule has 24 heavy (non-hydrogen) atoms. The highest BCUT2D eigenvalue weighted by Gasteiger charge is 2.45. The van der Waals surface area contributed by atoms with Crippen molar-refractivity contribution in [3.63, 3.8) is 0 Å². The van der Waals surface area contributed by atoms with Crippen molar-refractivity contribution in [3.8, 4) is 0 Å². The molecule has 0 bridgehead atoms. The summed E-state index contributed by atoms with van der Waals surface area (Å²) in [6.07, 6.45) is 1.91. The smallest absolute Gasteiger partial charge is 0.239 e. The van der Waals surface area contributed by atoms with E-state index in [0.29, 0.717) is 11.4 Å². The van der Waals surface area contributed by atoms with Gasteiger partial charge in [0.2, 0.25) is 17.7 Å². The fourth-order valence-corrected chi connectivity index (χ4v) is 2.97. The molecule has 1 aromatic rings. The number of hydrogen-bond donors (Lipinski definition) is 1. The van der Waals surface area contributed by atoms with Crippen LogP contribution in [0, 0.1) is 10.8 Å². The number of hydrogen-bond acceptors (Lipinski definition) is 3. The number of nitrogens with zero attached hydrogens (tertiary/aromatic N) is 1. The molecule has 0 radical (unpaired) electrons. The van der Waals surface area contributed by atoms with E-state index in [1.165, 1.54) is 4.90 Å². The second-order valence-electron chi connectivity index (χ2n) is 7.73. The molecule has 0 unspecified atom stereocenters. The zero-order valence-electron chi connectivity index (χ0n) is 15.1. The van der Waals surface area contributed by atoms with Gasteiger partial charge in [0.15, 0.2) is 0 Å². The molecular formula is C19H26N2O3. The Balaban J connectivity index is 2.23. The van der Waals surface area contributed by atoms with Crippen LogP contribution in [0.1, 0.15) is 53.9 Å². The van der Waals surface area contributed by atoms with Crippen LogP contribution >= 0.6 is 0 Å². The molecule has 1 heterocycles. The van der Waals surface area contributed by atoms with Crippen LogP contribution in [0.2, 0.25) is 0 Å². The average Bonchev–Trinajstić information content (AvgIpc) is 2.67. The number of amides is 3. The van der Waals surface area contributed by atoms with Crippen LogP contribution < -0.4 is 10.2 Å². The predicted octanol–water partition coefficient (Wildman–Crippen LogP) is 3.74. The largest absolute Gasteiger partial charge is 0.326 e. The Morgan fingerprint density at radius 3 is 2.50 bits per heavy atom. The van der Waals surface area contributed by atoms with Crippen LogP contribution in [-0.4, -0.2) is 17.7 Å². The van der Waals surface area contributed by atoms with Crippen LogP contribution in [0.25, 0.3) is 0 Å². The van der Waals surface area contributed by atoms with Crippen LogP contribution in [0.15, 0.2) is 24.3 Å². The minimum absolute atomic E-state index is 0.0686. The van der Waals surface area contributed by atoms with Gasteiger partial charge in [-0.05, 0) is 24.6 Å². The van der Waals surface area contributed by atoms with Crippen LogP contribution in [0.3, 0.4) is 0 Å². The van der Waals surface area contributed by atoms with Crippen molar-refractivity contribution in [2.45, 2.75) is 53.9 Å². The van der Waals surface area contributed by atoms with Gasteiger partial charge in [0, 0.05) is 17.5 Å². The molecule has 5 heteroatoms. The van der Waals surface area contributed by atoms with Crippen molar-refractivity contribution in [2.24, 2.45) is 10.8 Å². The first-order valence-corrected chi connectivity index (χ1v) is 8.37. The lowest BCUT2D eigenvalue weighted by Gasteiger charge is -2.23. The van der Waals surface area contributed by atoms with E-state index in [9.17, 15) is 14.4 Å². The predicted molar refractivity (Wildman–Crippen MR) is 94.7 cm³/mol. The topological polar surface area (TPSA) is 66.5 Å². The van der Waals surface area contributed by atoms with Crippen LogP contribution in [0.4, 0.5) is 11.4 Å². The lowest BCUT2D eigenvalue weighted by Crippen LogP contribution is -2.33. The summed E-state index contributed by atoms with van der Waals surface area (Å²) in [5.74, 6) is -0.483. The number of carbonyl (C=O) groups excluding carboxylic acids is 3. The molecule has 1 aliphatic rings. The first-order chi connectivity index (χ1) is 11.1. The molecule has 2 rings (SSSR count). The Kier molecular flexibility index (Phi) is 4.83. The molecule has 1 aromatic carbocycles. The highest BCUT2D eigenvalue weighted by Crippen LogP contribution is 2.36. The quantitative estimate of drug-likeness (QED) is 0.836. The minimum atomic E-state index is -0.681. The van der Waals surface area contributed by atoms with Gasteiger partial charge in [0.05, 0.1) is 11.1 Å². The Bertz CT molecular complexity index is 677. The Morgan fingerprint density at radius 2 is 1.96 bits per heavy atom. The molecule has 5 nitrogen and oxygen atoms in total. The van der Waals surface area contributed by atoms with Crippen molar-refractivity contribution >= 4 is 29.1 Å². The third-order valence-electron chi connectivity index (χ3n) is 4.48. The summed E-state index contributed by atoms with van der Waals surface area (Å²) in [4.78, 5) is 38.3. The number of imide groups is 1. The van der Waals surface area contributed by atoms with Crippen molar-refractivity contribution < 1.29 is 14.4 Å². The molecule has 0 atom stereocenters. The first-order valence-electron chi connectivity index (χ1n) is 8.37. The highest BCUT2D eigenvalue weighted by atomic mass is 16.2. The summed E-state index contributed by atoms with van der Waals surface area (Å²) >= 11 is 0. The number of benzene rings is 1. The van der Waals surface area contributed by atoms with E-state index in [2.05, 4.69) is 5.32 Å². The third-order valence-corrected chi connectivity index (χ3v) is 4.48. The van der Waals surface area contributed by atoms with E-state index in [0.717, 1.165) is 12.8 Å². The van der Waals surface area contributed by atoms with E-state index >= 15 is 0 Å². The lowest BCUT2D eigenvalue weighted by atomic mass is 9.87. The van der Waals surface area contributed by atoms with Gasteiger partial charge < -0.3 is 5.32 Å². The zero-order valence-corrected chi connectivity index (χ0v) is 15.1. The fourth-order valence-electron chi connectivity index (χ4n) is 2.97. The molecule has 130 valence electrons. The zero-order chi connectivity index (χ0) is 18.1. The van der Waals surface area contributed by atoms with Crippen LogP contribution in [0.5, 0.6) is 0 Å². The molecule has 1 fully saturated rings. The van der Waals surface area contributed by atoms with Gasteiger partial charge in [0.1, 0.15) is 0 Å². The van der Waals surface area contributed by atoms with Gasteiger partial charge in [-0.2, -0.15) is 0 Å². The molecule has 0 aromatic heterocycles. The number of rotatable bonds is 5.